The minimum atomic E-state index is -0.0823. The molecule has 0 N–H and O–H groups in total. The van der Waals surface area contributed by atoms with E-state index in [1.807, 2.05) is 16.2 Å². The minimum Gasteiger partial charge on any atom is -0.299 e. The molecule has 0 saturated heterocycles. The molecule has 0 radical (unpaired) electrons. The Morgan fingerprint density at radius 3 is 1.44 bits per heavy atom. The molecule has 4 saturated carbocycles. The number of allylic oxidation sites excluding steroid dienone is 1. The highest BCUT2D eigenvalue weighted by Gasteiger charge is 2.40. The quantitative estimate of drug-likeness (QED) is 0.257. The Labute approximate surface area is 256 Å². The van der Waals surface area contributed by atoms with Crippen molar-refractivity contribution in [2.24, 2.45) is 0 Å². The third-order valence-electron chi connectivity index (χ3n) is 11.8. The van der Waals surface area contributed by atoms with Crippen LogP contribution in [-0.2, 0) is 0 Å². The van der Waals surface area contributed by atoms with E-state index in [1.54, 1.807) is 5.56 Å². The third kappa shape index (κ3) is 7.20. The fourth-order valence-corrected chi connectivity index (χ4v) is 18.2. The van der Waals surface area contributed by atoms with Gasteiger partial charge < -0.3 is 0 Å². The molecule has 0 aromatic heterocycles. The molecule has 6 rings (SSSR count). The van der Waals surface area contributed by atoms with Crippen LogP contribution in [-0.4, -0.2) is 41.6 Å². The predicted octanol–water partition coefficient (Wildman–Crippen LogP) is 11.6. The number of rotatable bonds is 9. The Hall–Kier alpha value is -0.220. The standard InChI is InChI=1S/C38H61NP2/c1-39(2)38(35-27-17-29-37(35)41(32-22-11-5-12-23-32)33-24-13-6-14-25-33)34-26-15-16-28-36(34)40(30-18-7-3-8-19-30)31-20-9-4-10-21-31/h15-16,26,28,30-33,38H,3-14,17-25,27,29H2,1-2H3/t38-/m1/s1. The second-order valence-corrected chi connectivity index (χ2v) is 20.3. The average Bonchev–Trinajstić information content (AvgIpc) is 3.49. The van der Waals surface area contributed by atoms with E-state index in [0.717, 1.165) is 22.6 Å². The Bertz CT molecular complexity index is 940. The van der Waals surface area contributed by atoms with Crippen molar-refractivity contribution >= 4 is 21.1 Å². The van der Waals surface area contributed by atoms with Gasteiger partial charge in [-0.1, -0.05) is 117 Å². The molecular formula is C38H61NP2. The van der Waals surface area contributed by atoms with Crippen LogP contribution >= 0.6 is 15.8 Å². The summed E-state index contributed by atoms with van der Waals surface area (Å²) in [6, 6.07) is 10.6. The van der Waals surface area contributed by atoms with Crippen molar-refractivity contribution in [1.82, 2.24) is 4.90 Å². The van der Waals surface area contributed by atoms with Gasteiger partial charge in [-0.05, 0) is 129 Å². The first-order valence-electron chi connectivity index (χ1n) is 18.3. The van der Waals surface area contributed by atoms with Gasteiger partial charge in [-0.15, -0.1) is 0 Å². The van der Waals surface area contributed by atoms with Crippen LogP contribution in [0.3, 0.4) is 0 Å². The van der Waals surface area contributed by atoms with Gasteiger partial charge in [-0.3, -0.25) is 4.90 Å². The number of hydrogen-bond donors (Lipinski definition) is 0. The van der Waals surface area contributed by atoms with Crippen molar-refractivity contribution < 1.29 is 0 Å². The number of hydrogen-bond acceptors (Lipinski definition) is 1. The fourth-order valence-electron chi connectivity index (χ4n) is 9.94. The van der Waals surface area contributed by atoms with Gasteiger partial charge in [0.1, 0.15) is 0 Å². The second-order valence-electron chi connectivity index (χ2n) is 14.7. The topological polar surface area (TPSA) is 3.24 Å². The second kappa shape index (κ2) is 15.2. The largest absolute Gasteiger partial charge is 0.299 e. The molecule has 5 aliphatic carbocycles. The van der Waals surface area contributed by atoms with E-state index in [0.29, 0.717) is 6.04 Å². The van der Waals surface area contributed by atoms with Crippen LogP contribution in [0.1, 0.15) is 159 Å². The van der Waals surface area contributed by atoms with Crippen molar-refractivity contribution in [3.63, 3.8) is 0 Å². The van der Waals surface area contributed by atoms with Crippen LogP contribution in [0.5, 0.6) is 0 Å². The lowest BCUT2D eigenvalue weighted by molar-refractivity contribution is 0.334. The molecule has 0 amide bonds. The summed E-state index contributed by atoms with van der Waals surface area (Å²) in [6.07, 6.45) is 34.3. The minimum absolute atomic E-state index is 0.0240. The van der Waals surface area contributed by atoms with Gasteiger partial charge in [0.05, 0.1) is 6.04 Å². The summed E-state index contributed by atoms with van der Waals surface area (Å²) in [4.78, 5) is 2.67. The molecule has 228 valence electrons. The SMILES string of the molecule is CN(C)[C@@H](C1=C(P(C2CCCCC2)C2CCCCC2)CCC1)c1ccccc1P(C1CCCCC1)C1CCCCC1. The lowest BCUT2D eigenvalue weighted by Crippen LogP contribution is -2.32. The molecule has 0 heterocycles. The van der Waals surface area contributed by atoms with E-state index in [9.17, 15) is 0 Å². The summed E-state index contributed by atoms with van der Waals surface area (Å²) in [7, 11) is 4.80. The number of benzene rings is 1. The Balaban J connectivity index is 1.41. The smallest absolute Gasteiger partial charge is 0.0568 e. The van der Waals surface area contributed by atoms with Crippen molar-refractivity contribution in [3.8, 4) is 0 Å². The first-order valence-corrected chi connectivity index (χ1v) is 21.2. The van der Waals surface area contributed by atoms with Crippen LogP contribution in [0.15, 0.2) is 35.2 Å². The summed E-state index contributed by atoms with van der Waals surface area (Å²) in [5, 5.41) is 3.89. The highest BCUT2D eigenvalue weighted by Crippen LogP contribution is 2.66. The third-order valence-corrected chi connectivity index (χ3v) is 19.1. The number of nitrogens with zero attached hydrogens (tertiary/aromatic N) is 1. The molecule has 5 aliphatic rings. The molecule has 0 unspecified atom stereocenters. The van der Waals surface area contributed by atoms with Crippen LogP contribution < -0.4 is 5.30 Å². The van der Waals surface area contributed by atoms with Crippen LogP contribution in [0, 0.1) is 0 Å². The number of likely N-dealkylation sites (N-methyl/N-ethyl adjacent to an activating group) is 1. The molecule has 1 aromatic carbocycles. The van der Waals surface area contributed by atoms with Crippen LogP contribution in [0.2, 0.25) is 0 Å². The lowest BCUT2D eigenvalue weighted by atomic mass is 9.97. The zero-order valence-corrected chi connectivity index (χ0v) is 28.6. The van der Waals surface area contributed by atoms with Gasteiger partial charge in [0, 0.05) is 0 Å². The maximum Gasteiger partial charge on any atom is 0.0568 e. The van der Waals surface area contributed by atoms with E-state index in [2.05, 4.69) is 43.3 Å². The first-order chi connectivity index (χ1) is 20.2. The molecule has 0 bridgehead atoms. The van der Waals surface area contributed by atoms with Gasteiger partial charge >= 0.3 is 0 Å². The molecule has 0 aliphatic heterocycles. The van der Waals surface area contributed by atoms with E-state index in [-0.39, 0.29) is 15.8 Å². The molecule has 1 nitrogen and oxygen atoms in total. The van der Waals surface area contributed by atoms with Crippen molar-refractivity contribution in [1.29, 1.82) is 0 Å². The summed E-state index contributed by atoms with van der Waals surface area (Å²) >= 11 is 0. The summed E-state index contributed by atoms with van der Waals surface area (Å²) < 4.78 is 0. The maximum atomic E-state index is 2.67. The summed E-state index contributed by atoms with van der Waals surface area (Å²) in [6.45, 7) is 0. The van der Waals surface area contributed by atoms with Gasteiger partial charge in [-0.2, -0.15) is 0 Å². The van der Waals surface area contributed by atoms with E-state index >= 15 is 0 Å². The normalized spacial score (nSPS) is 25.6. The van der Waals surface area contributed by atoms with Gasteiger partial charge in [0.15, 0.2) is 0 Å². The Morgan fingerprint density at radius 1 is 0.537 bits per heavy atom. The lowest BCUT2D eigenvalue weighted by Gasteiger charge is -2.42. The van der Waals surface area contributed by atoms with Gasteiger partial charge in [0.25, 0.3) is 0 Å². The first kappa shape index (κ1) is 30.8. The average molecular weight is 594 g/mol. The maximum absolute atomic E-state index is 2.67. The predicted molar refractivity (Wildman–Crippen MR) is 185 cm³/mol. The highest BCUT2D eigenvalue weighted by molar-refractivity contribution is 7.67. The van der Waals surface area contributed by atoms with E-state index in [1.165, 1.54) is 148 Å². The highest BCUT2D eigenvalue weighted by atomic mass is 31.1. The molecule has 1 aromatic rings. The molecular weight excluding hydrogens is 532 g/mol. The monoisotopic (exact) mass is 593 g/mol. The van der Waals surface area contributed by atoms with Crippen LogP contribution in [0.4, 0.5) is 0 Å². The van der Waals surface area contributed by atoms with Crippen molar-refractivity contribution in [2.45, 2.75) is 176 Å². The van der Waals surface area contributed by atoms with E-state index < -0.39 is 0 Å². The van der Waals surface area contributed by atoms with Gasteiger partial charge in [0.2, 0.25) is 0 Å². The fraction of sp³-hybridized carbons (Fsp3) is 0.789. The van der Waals surface area contributed by atoms with Gasteiger partial charge in [-0.25, -0.2) is 0 Å². The molecule has 3 heteroatoms. The Kier molecular flexibility index (Phi) is 11.4. The zero-order valence-electron chi connectivity index (χ0n) is 26.8. The molecule has 1 atom stereocenters. The molecule has 41 heavy (non-hydrogen) atoms. The summed E-state index contributed by atoms with van der Waals surface area (Å²) in [5.41, 5.74) is 7.69. The molecule has 4 fully saturated rings. The van der Waals surface area contributed by atoms with Crippen molar-refractivity contribution in [2.75, 3.05) is 14.1 Å². The zero-order chi connectivity index (χ0) is 28.0. The van der Waals surface area contributed by atoms with Crippen molar-refractivity contribution in [3.05, 3.63) is 40.7 Å². The van der Waals surface area contributed by atoms with Crippen LogP contribution in [0.25, 0.3) is 0 Å². The Morgan fingerprint density at radius 2 is 0.976 bits per heavy atom. The molecule has 0 spiro atoms. The summed E-state index contributed by atoms with van der Waals surface area (Å²) in [5.74, 6) is 0. The van der Waals surface area contributed by atoms with E-state index in [4.69, 9.17) is 0 Å².